The SMILES string of the molecule is COc1cccc(NC(=O)N(CCCC(C)Nc2cc(OC)cc3cccnc23)Cc2ccc(N(C)C)cc2)c1. The number of anilines is 3. The zero-order chi connectivity index (χ0) is 28.5. The van der Waals surface area contributed by atoms with Crippen LogP contribution < -0.4 is 25.0 Å². The molecule has 1 heterocycles. The summed E-state index contributed by atoms with van der Waals surface area (Å²) >= 11 is 0. The van der Waals surface area contributed by atoms with Crippen LogP contribution >= 0.6 is 0 Å². The topological polar surface area (TPSA) is 79.0 Å². The highest BCUT2D eigenvalue weighted by Crippen LogP contribution is 2.28. The Morgan fingerprint density at radius 2 is 1.73 bits per heavy atom. The Bertz CT molecular complexity index is 1410. The van der Waals surface area contributed by atoms with Crippen molar-refractivity contribution in [3.05, 3.63) is 84.6 Å². The Hall–Kier alpha value is -4.46. The molecule has 1 unspecified atom stereocenters. The van der Waals surface area contributed by atoms with E-state index in [9.17, 15) is 4.79 Å². The largest absolute Gasteiger partial charge is 0.497 e. The van der Waals surface area contributed by atoms with Crippen molar-refractivity contribution in [2.24, 2.45) is 0 Å². The molecule has 2 N–H and O–H groups in total. The van der Waals surface area contributed by atoms with Gasteiger partial charge in [0.1, 0.15) is 11.5 Å². The number of nitrogens with zero attached hydrogens (tertiary/aromatic N) is 3. The van der Waals surface area contributed by atoms with E-state index in [0.717, 1.165) is 46.4 Å². The van der Waals surface area contributed by atoms with E-state index in [1.807, 2.05) is 67.5 Å². The molecule has 1 aromatic heterocycles. The lowest BCUT2D eigenvalue weighted by Gasteiger charge is -2.25. The van der Waals surface area contributed by atoms with E-state index in [-0.39, 0.29) is 12.1 Å². The number of ether oxygens (including phenoxy) is 2. The van der Waals surface area contributed by atoms with Crippen molar-refractivity contribution in [1.82, 2.24) is 9.88 Å². The summed E-state index contributed by atoms with van der Waals surface area (Å²) in [7, 11) is 7.32. The molecule has 8 nitrogen and oxygen atoms in total. The Balaban J connectivity index is 1.43. The van der Waals surface area contributed by atoms with Crippen molar-refractivity contribution in [3.63, 3.8) is 0 Å². The van der Waals surface area contributed by atoms with Crippen molar-refractivity contribution >= 4 is 34.0 Å². The van der Waals surface area contributed by atoms with E-state index >= 15 is 0 Å². The molecule has 4 rings (SSSR count). The molecule has 4 aromatic rings. The molecule has 0 spiro atoms. The van der Waals surface area contributed by atoms with Gasteiger partial charge < -0.3 is 29.9 Å². The van der Waals surface area contributed by atoms with Crippen LogP contribution in [0, 0.1) is 0 Å². The van der Waals surface area contributed by atoms with Crippen molar-refractivity contribution in [1.29, 1.82) is 0 Å². The van der Waals surface area contributed by atoms with Crippen molar-refractivity contribution < 1.29 is 14.3 Å². The molecule has 0 saturated carbocycles. The number of rotatable bonds is 12. The second kappa shape index (κ2) is 13.6. The van der Waals surface area contributed by atoms with Crippen LogP contribution in [0.4, 0.5) is 21.9 Å². The minimum Gasteiger partial charge on any atom is -0.497 e. The second-order valence-electron chi connectivity index (χ2n) is 10.1. The lowest BCUT2D eigenvalue weighted by Crippen LogP contribution is -2.35. The molecule has 0 saturated heterocycles. The number of carbonyl (C=O) groups is 1. The van der Waals surface area contributed by atoms with Crippen molar-refractivity contribution in [2.75, 3.05) is 50.4 Å². The maximum atomic E-state index is 13.4. The standard InChI is InChI=1S/C32H39N5O3/c1-23(34-30-21-29(40-5)19-25-10-7-17-33-31(25)30)9-8-18-37(22-24-13-15-27(16-14-24)36(2)3)32(38)35-26-11-6-12-28(20-26)39-4/h6-7,10-17,19-21,23,34H,8-9,18,22H2,1-5H3,(H,35,38). The summed E-state index contributed by atoms with van der Waals surface area (Å²) in [6, 6.07) is 23.7. The molecule has 0 radical (unpaired) electrons. The maximum Gasteiger partial charge on any atom is 0.322 e. The molecule has 210 valence electrons. The summed E-state index contributed by atoms with van der Waals surface area (Å²) in [6.07, 6.45) is 3.49. The summed E-state index contributed by atoms with van der Waals surface area (Å²) in [4.78, 5) is 21.9. The summed E-state index contributed by atoms with van der Waals surface area (Å²) in [5.41, 5.74) is 4.75. The predicted octanol–water partition coefficient (Wildman–Crippen LogP) is 6.63. The van der Waals surface area contributed by atoms with Gasteiger partial charge in [-0.3, -0.25) is 4.98 Å². The van der Waals surface area contributed by atoms with E-state index in [4.69, 9.17) is 9.47 Å². The number of carbonyl (C=O) groups excluding carboxylic acids is 1. The van der Waals surface area contributed by atoms with Gasteiger partial charge in [-0.2, -0.15) is 0 Å². The first kappa shape index (κ1) is 28.5. The quantitative estimate of drug-likeness (QED) is 0.210. The fourth-order valence-electron chi connectivity index (χ4n) is 4.59. The molecule has 0 fully saturated rings. The average Bonchev–Trinajstić information content (AvgIpc) is 2.96. The minimum atomic E-state index is -0.145. The predicted molar refractivity (Wildman–Crippen MR) is 164 cm³/mol. The van der Waals surface area contributed by atoms with E-state index in [0.29, 0.717) is 24.5 Å². The summed E-state index contributed by atoms with van der Waals surface area (Å²) < 4.78 is 10.8. The molecule has 0 aliphatic rings. The molecule has 0 aliphatic heterocycles. The van der Waals surface area contributed by atoms with Gasteiger partial charge in [-0.1, -0.05) is 24.3 Å². The van der Waals surface area contributed by atoms with Crippen LogP contribution in [-0.2, 0) is 6.54 Å². The van der Waals surface area contributed by atoms with Gasteiger partial charge in [0, 0.05) is 68.3 Å². The average molecular weight is 542 g/mol. The van der Waals surface area contributed by atoms with Crippen LogP contribution in [0.15, 0.2) is 79.0 Å². The molecular weight excluding hydrogens is 502 g/mol. The number of pyridine rings is 1. The number of fused-ring (bicyclic) bond motifs is 1. The molecular formula is C32H39N5O3. The van der Waals surface area contributed by atoms with Crippen LogP contribution in [0.2, 0.25) is 0 Å². The van der Waals surface area contributed by atoms with E-state index < -0.39 is 0 Å². The summed E-state index contributed by atoms with van der Waals surface area (Å²) in [6.45, 7) is 3.26. The normalized spacial score (nSPS) is 11.5. The fourth-order valence-corrected chi connectivity index (χ4v) is 4.59. The third kappa shape index (κ3) is 7.56. The second-order valence-corrected chi connectivity index (χ2v) is 10.1. The first-order chi connectivity index (χ1) is 19.4. The van der Waals surface area contributed by atoms with Gasteiger partial charge in [-0.25, -0.2) is 4.79 Å². The number of hydrogen-bond acceptors (Lipinski definition) is 6. The number of amides is 2. The first-order valence-electron chi connectivity index (χ1n) is 13.5. The molecule has 2 amide bonds. The monoisotopic (exact) mass is 541 g/mol. The van der Waals surface area contributed by atoms with Crippen LogP contribution in [0.25, 0.3) is 10.9 Å². The van der Waals surface area contributed by atoms with Crippen molar-refractivity contribution in [3.8, 4) is 11.5 Å². The lowest BCUT2D eigenvalue weighted by molar-refractivity contribution is 0.207. The lowest BCUT2D eigenvalue weighted by atomic mass is 10.1. The highest BCUT2D eigenvalue weighted by atomic mass is 16.5. The third-order valence-electron chi connectivity index (χ3n) is 6.82. The Labute approximate surface area is 236 Å². The van der Waals surface area contributed by atoms with Gasteiger partial charge in [0.2, 0.25) is 0 Å². The van der Waals surface area contributed by atoms with Gasteiger partial charge in [-0.15, -0.1) is 0 Å². The molecule has 0 bridgehead atoms. The van der Waals surface area contributed by atoms with Crippen molar-refractivity contribution in [2.45, 2.75) is 32.4 Å². The van der Waals surface area contributed by atoms with E-state index in [2.05, 4.69) is 51.7 Å². The smallest absolute Gasteiger partial charge is 0.322 e. The molecule has 8 heteroatoms. The van der Waals surface area contributed by atoms with Crippen LogP contribution in [0.3, 0.4) is 0 Å². The number of benzene rings is 3. The maximum absolute atomic E-state index is 13.4. The van der Waals surface area contributed by atoms with Gasteiger partial charge in [0.25, 0.3) is 0 Å². The fraction of sp³-hybridized carbons (Fsp3) is 0.312. The summed E-state index contributed by atoms with van der Waals surface area (Å²) in [5, 5.41) is 7.66. The molecule has 0 aliphatic carbocycles. The molecule has 40 heavy (non-hydrogen) atoms. The van der Waals surface area contributed by atoms with Gasteiger partial charge in [0.15, 0.2) is 0 Å². The van der Waals surface area contributed by atoms with Crippen LogP contribution in [0.5, 0.6) is 11.5 Å². The summed E-state index contributed by atoms with van der Waals surface area (Å²) in [5.74, 6) is 1.49. The Morgan fingerprint density at radius 3 is 2.45 bits per heavy atom. The number of hydrogen-bond donors (Lipinski definition) is 2. The van der Waals surface area contributed by atoms with Gasteiger partial charge >= 0.3 is 6.03 Å². The highest BCUT2D eigenvalue weighted by molar-refractivity contribution is 5.92. The number of methoxy groups -OCH3 is 2. The molecule has 3 aromatic carbocycles. The van der Waals surface area contributed by atoms with E-state index in [1.54, 1.807) is 20.4 Å². The third-order valence-corrected chi connectivity index (χ3v) is 6.82. The highest BCUT2D eigenvalue weighted by Gasteiger charge is 2.16. The molecule has 1 atom stereocenters. The van der Waals surface area contributed by atoms with Gasteiger partial charge in [-0.05, 0) is 61.7 Å². The number of urea groups is 1. The first-order valence-corrected chi connectivity index (χ1v) is 13.5. The van der Waals surface area contributed by atoms with Crippen LogP contribution in [0.1, 0.15) is 25.3 Å². The minimum absolute atomic E-state index is 0.145. The Kier molecular flexibility index (Phi) is 9.67. The Morgan fingerprint density at radius 1 is 0.950 bits per heavy atom. The zero-order valence-electron chi connectivity index (χ0n) is 24.0. The van der Waals surface area contributed by atoms with Crippen LogP contribution in [-0.4, -0.2) is 56.8 Å². The zero-order valence-corrected chi connectivity index (χ0v) is 24.0. The van der Waals surface area contributed by atoms with E-state index in [1.165, 1.54) is 0 Å². The number of aromatic nitrogens is 1. The number of nitrogens with one attached hydrogen (secondary N) is 2. The van der Waals surface area contributed by atoms with Gasteiger partial charge in [0.05, 0.1) is 25.4 Å².